The summed E-state index contributed by atoms with van der Waals surface area (Å²) in [5, 5.41) is 4.43. The molecule has 1 aromatic carbocycles. The molecule has 0 spiro atoms. The van der Waals surface area contributed by atoms with Crippen LogP contribution in [-0.2, 0) is 6.54 Å². The molecule has 20 heavy (non-hydrogen) atoms. The first-order valence-electron chi connectivity index (χ1n) is 6.75. The molecular weight excluding hydrogens is 262 g/mol. The van der Waals surface area contributed by atoms with Crippen molar-refractivity contribution in [2.24, 2.45) is 0 Å². The Balaban J connectivity index is 2.09. The Bertz CT molecular complexity index is 652. The van der Waals surface area contributed by atoms with Crippen LogP contribution in [-0.4, -0.2) is 15.9 Å². The summed E-state index contributed by atoms with van der Waals surface area (Å²) in [5.41, 5.74) is 1.62. The minimum absolute atomic E-state index is 0.123. The van der Waals surface area contributed by atoms with Crippen molar-refractivity contribution in [3.05, 3.63) is 35.4 Å². The molecule has 0 saturated carbocycles. The van der Waals surface area contributed by atoms with E-state index in [-0.39, 0.29) is 6.10 Å². The molecule has 0 unspecified atom stereocenters. The van der Waals surface area contributed by atoms with Crippen LogP contribution in [0.2, 0.25) is 0 Å². The molecule has 1 atom stereocenters. The van der Waals surface area contributed by atoms with Gasteiger partial charge in [0, 0.05) is 23.7 Å². The molecule has 3 rings (SSSR count). The van der Waals surface area contributed by atoms with Crippen molar-refractivity contribution in [1.29, 1.82) is 0 Å². The molecule has 5 heteroatoms. The molecule has 2 aromatic rings. The average molecular weight is 278 g/mol. The van der Waals surface area contributed by atoms with Crippen molar-refractivity contribution < 1.29 is 13.5 Å². The molecule has 0 aliphatic carbocycles. The Morgan fingerprint density at radius 3 is 2.90 bits per heavy atom. The van der Waals surface area contributed by atoms with Gasteiger partial charge in [-0.2, -0.15) is 5.10 Å². The van der Waals surface area contributed by atoms with Gasteiger partial charge in [0.1, 0.15) is 17.3 Å². The maximum absolute atomic E-state index is 13.9. The van der Waals surface area contributed by atoms with E-state index in [0.29, 0.717) is 17.1 Å². The van der Waals surface area contributed by atoms with Crippen LogP contribution in [0, 0.1) is 18.6 Å². The van der Waals surface area contributed by atoms with E-state index in [9.17, 15) is 8.78 Å². The predicted octanol–water partition coefficient (Wildman–Crippen LogP) is 3.70. The topological polar surface area (TPSA) is 27.1 Å². The summed E-state index contributed by atoms with van der Waals surface area (Å²) in [5.74, 6) is -0.502. The van der Waals surface area contributed by atoms with Crippen molar-refractivity contribution >= 4 is 0 Å². The molecule has 0 amide bonds. The SMILES string of the molecule is Cc1c(-c2ccc(F)cc2F)nn2c1O[C@H](C)CCC2. The Kier molecular flexibility index (Phi) is 3.20. The molecule has 0 radical (unpaired) electrons. The number of rotatable bonds is 1. The van der Waals surface area contributed by atoms with Gasteiger partial charge in [0.05, 0.1) is 6.10 Å². The highest BCUT2D eigenvalue weighted by Gasteiger charge is 2.23. The number of benzene rings is 1. The van der Waals surface area contributed by atoms with Gasteiger partial charge in [-0.05, 0) is 38.8 Å². The van der Waals surface area contributed by atoms with E-state index < -0.39 is 11.6 Å². The fourth-order valence-corrected chi connectivity index (χ4v) is 2.55. The highest BCUT2D eigenvalue weighted by atomic mass is 19.1. The summed E-state index contributed by atoms with van der Waals surface area (Å²) in [4.78, 5) is 0. The summed E-state index contributed by atoms with van der Waals surface area (Å²) in [6, 6.07) is 3.54. The predicted molar refractivity (Wildman–Crippen MR) is 71.6 cm³/mol. The van der Waals surface area contributed by atoms with Crippen LogP contribution in [0.25, 0.3) is 11.3 Å². The molecule has 1 aliphatic heterocycles. The molecule has 0 bridgehead atoms. The van der Waals surface area contributed by atoms with Crippen molar-refractivity contribution in [3.8, 4) is 17.1 Å². The van der Waals surface area contributed by atoms with Crippen LogP contribution in [0.5, 0.6) is 5.88 Å². The lowest BCUT2D eigenvalue weighted by atomic mass is 10.1. The maximum atomic E-state index is 13.9. The van der Waals surface area contributed by atoms with Crippen LogP contribution < -0.4 is 4.74 Å². The molecule has 1 aromatic heterocycles. The lowest BCUT2D eigenvalue weighted by molar-refractivity contribution is 0.207. The number of ether oxygens (including phenoxy) is 1. The van der Waals surface area contributed by atoms with Crippen molar-refractivity contribution in [3.63, 3.8) is 0 Å². The lowest BCUT2D eigenvalue weighted by Crippen LogP contribution is -2.10. The van der Waals surface area contributed by atoms with E-state index in [0.717, 1.165) is 31.0 Å². The smallest absolute Gasteiger partial charge is 0.215 e. The summed E-state index contributed by atoms with van der Waals surface area (Å²) in [6.07, 6.45) is 2.07. The maximum Gasteiger partial charge on any atom is 0.215 e. The number of hydrogen-bond donors (Lipinski definition) is 0. The second kappa shape index (κ2) is 4.89. The molecule has 1 aliphatic rings. The highest BCUT2D eigenvalue weighted by Crippen LogP contribution is 2.33. The molecule has 2 heterocycles. The van der Waals surface area contributed by atoms with Crippen LogP contribution in [0.15, 0.2) is 18.2 Å². The van der Waals surface area contributed by atoms with E-state index in [1.807, 2.05) is 13.8 Å². The van der Waals surface area contributed by atoms with Gasteiger partial charge in [-0.1, -0.05) is 0 Å². The number of halogens is 2. The summed E-state index contributed by atoms with van der Waals surface area (Å²) in [7, 11) is 0. The highest BCUT2D eigenvalue weighted by molar-refractivity contribution is 5.65. The van der Waals surface area contributed by atoms with E-state index in [1.165, 1.54) is 12.1 Å². The molecule has 3 nitrogen and oxygen atoms in total. The zero-order chi connectivity index (χ0) is 14.3. The minimum Gasteiger partial charge on any atom is -0.475 e. The fraction of sp³-hybridized carbons (Fsp3) is 0.400. The largest absolute Gasteiger partial charge is 0.475 e. The second-order valence-electron chi connectivity index (χ2n) is 5.20. The van der Waals surface area contributed by atoms with Crippen molar-refractivity contribution in [1.82, 2.24) is 9.78 Å². The van der Waals surface area contributed by atoms with Gasteiger partial charge < -0.3 is 4.74 Å². The van der Waals surface area contributed by atoms with Crippen LogP contribution >= 0.6 is 0 Å². The lowest BCUT2D eigenvalue weighted by Gasteiger charge is -2.10. The normalized spacial score (nSPS) is 18.3. The first-order chi connectivity index (χ1) is 9.56. The first-order valence-corrected chi connectivity index (χ1v) is 6.75. The Morgan fingerprint density at radius 2 is 2.15 bits per heavy atom. The molecular formula is C15H16F2N2O. The van der Waals surface area contributed by atoms with Gasteiger partial charge in [-0.25, -0.2) is 13.5 Å². The van der Waals surface area contributed by atoms with Crippen LogP contribution in [0.1, 0.15) is 25.3 Å². The summed E-state index contributed by atoms with van der Waals surface area (Å²) in [6.45, 7) is 4.62. The third-order valence-electron chi connectivity index (χ3n) is 3.61. The summed E-state index contributed by atoms with van der Waals surface area (Å²) >= 11 is 0. The Morgan fingerprint density at radius 1 is 1.35 bits per heavy atom. The van der Waals surface area contributed by atoms with Crippen molar-refractivity contribution in [2.75, 3.05) is 0 Å². The van der Waals surface area contributed by atoms with Gasteiger partial charge in [0.15, 0.2) is 0 Å². The molecule has 0 saturated heterocycles. The zero-order valence-electron chi connectivity index (χ0n) is 11.5. The fourth-order valence-electron chi connectivity index (χ4n) is 2.55. The zero-order valence-corrected chi connectivity index (χ0v) is 11.5. The second-order valence-corrected chi connectivity index (χ2v) is 5.20. The van der Waals surface area contributed by atoms with E-state index in [4.69, 9.17) is 4.74 Å². The average Bonchev–Trinajstić information content (AvgIpc) is 2.58. The first kappa shape index (κ1) is 13.1. The molecule has 0 fully saturated rings. The minimum atomic E-state index is -0.602. The van der Waals surface area contributed by atoms with Gasteiger partial charge in [0.25, 0.3) is 0 Å². The Hall–Kier alpha value is -1.91. The molecule has 0 N–H and O–H groups in total. The quantitative estimate of drug-likeness (QED) is 0.795. The number of aromatic nitrogens is 2. The van der Waals surface area contributed by atoms with E-state index >= 15 is 0 Å². The Labute approximate surface area is 116 Å². The number of fused-ring (bicyclic) bond motifs is 1. The van der Waals surface area contributed by atoms with E-state index in [1.54, 1.807) is 4.68 Å². The van der Waals surface area contributed by atoms with Gasteiger partial charge in [0.2, 0.25) is 5.88 Å². The van der Waals surface area contributed by atoms with Gasteiger partial charge in [-0.15, -0.1) is 0 Å². The van der Waals surface area contributed by atoms with Gasteiger partial charge >= 0.3 is 0 Å². The van der Waals surface area contributed by atoms with E-state index in [2.05, 4.69) is 5.10 Å². The van der Waals surface area contributed by atoms with Crippen LogP contribution in [0.3, 0.4) is 0 Å². The number of aryl methyl sites for hydroxylation is 1. The monoisotopic (exact) mass is 278 g/mol. The number of nitrogens with zero attached hydrogens (tertiary/aromatic N) is 2. The van der Waals surface area contributed by atoms with Crippen LogP contribution in [0.4, 0.5) is 8.78 Å². The third-order valence-corrected chi connectivity index (χ3v) is 3.61. The van der Waals surface area contributed by atoms with Crippen molar-refractivity contribution in [2.45, 2.75) is 39.3 Å². The summed E-state index contributed by atoms with van der Waals surface area (Å²) < 4.78 is 34.5. The standard InChI is InChI=1S/C15H16F2N2O/c1-9-4-3-7-19-15(20-9)10(2)14(18-19)12-6-5-11(16)8-13(12)17/h5-6,8-9H,3-4,7H2,1-2H3/t9-/m1/s1. The number of hydrogen-bond acceptors (Lipinski definition) is 2. The third kappa shape index (κ3) is 2.17. The van der Waals surface area contributed by atoms with Gasteiger partial charge in [-0.3, -0.25) is 0 Å². The molecule has 106 valence electrons.